The van der Waals surface area contributed by atoms with Gasteiger partial charge in [0.25, 0.3) is 0 Å². The molecule has 2 aliphatic rings. The summed E-state index contributed by atoms with van der Waals surface area (Å²) in [6.45, 7) is 6.93. The number of likely N-dealkylation sites (tertiary alicyclic amines) is 1. The smallest absolute Gasteiger partial charge is 0.191 e. The van der Waals surface area contributed by atoms with E-state index in [1.807, 2.05) is 24.6 Å². The number of aromatic nitrogens is 3. The van der Waals surface area contributed by atoms with Gasteiger partial charge in [0.15, 0.2) is 11.8 Å². The minimum Gasteiger partial charge on any atom is -0.468 e. The average Bonchev–Trinajstić information content (AvgIpc) is 3.55. The van der Waals surface area contributed by atoms with Crippen LogP contribution in [0.1, 0.15) is 49.1 Å². The number of rotatable bonds is 8. The van der Waals surface area contributed by atoms with Crippen LogP contribution in [-0.2, 0) is 18.3 Å². The second kappa shape index (κ2) is 10.1. The lowest BCUT2D eigenvalue weighted by Crippen LogP contribution is -2.44. The molecule has 9 nitrogen and oxygen atoms in total. The Labute approximate surface area is 177 Å². The van der Waals surface area contributed by atoms with Crippen molar-refractivity contribution in [2.75, 3.05) is 32.8 Å². The Morgan fingerprint density at radius 2 is 2.13 bits per heavy atom. The van der Waals surface area contributed by atoms with Gasteiger partial charge in [-0.25, -0.2) is 4.99 Å². The third kappa shape index (κ3) is 5.20. The number of nitrogens with zero attached hydrogens (tertiary/aromatic N) is 5. The number of furan rings is 1. The van der Waals surface area contributed by atoms with E-state index >= 15 is 0 Å². The van der Waals surface area contributed by atoms with Crippen molar-refractivity contribution in [3.8, 4) is 0 Å². The van der Waals surface area contributed by atoms with Crippen LogP contribution in [0.3, 0.4) is 0 Å². The van der Waals surface area contributed by atoms with Gasteiger partial charge < -0.3 is 24.4 Å². The Hall–Kier alpha value is -2.39. The zero-order chi connectivity index (χ0) is 20.8. The summed E-state index contributed by atoms with van der Waals surface area (Å²) >= 11 is 0. The highest BCUT2D eigenvalue weighted by atomic mass is 16.5. The van der Waals surface area contributed by atoms with E-state index in [2.05, 4.69) is 31.8 Å². The molecule has 2 atom stereocenters. The molecule has 2 aromatic rings. The van der Waals surface area contributed by atoms with E-state index in [0.29, 0.717) is 6.54 Å². The summed E-state index contributed by atoms with van der Waals surface area (Å²) in [4.78, 5) is 7.26. The number of hydrogen-bond donors (Lipinski definition) is 2. The molecule has 0 saturated carbocycles. The van der Waals surface area contributed by atoms with Gasteiger partial charge in [0.1, 0.15) is 18.1 Å². The van der Waals surface area contributed by atoms with E-state index < -0.39 is 0 Å². The zero-order valence-corrected chi connectivity index (χ0v) is 18.0. The second-order valence-electron chi connectivity index (χ2n) is 8.06. The zero-order valence-electron chi connectivity index (χ0n) is 18.0. The molecule has 0 spiro atoms. The van der Waals surface area contributed by atoms with Crippen LogP contribution >= 0.6 is 0 Å². The van der Waals surface area contributed by atoms with Gasteiger partial charge in [-0.15, -0.1) is 10.2 Å². The van der Waals surface area contributed by atoms with Gasteiger partial charge >= 0.3 is 0 Å². The lowest BCUT2D eigenvalue weighted by Gasteiger charge is -2.27. The van der Waals surface area contributed by atoms with Crippen LogP contribution in [0.4, 0.5) is 0 Å². The number of nitrogens with one attached hydrogen (secondary N) is 2. The first kappa shape index (κ1) is 20.9. The van der Waals surface area contributed by atoms with Crippen molar-refractivity contribution in [3.63, 3.8) is 0 Å². The van der Waals surface area contributed by atoms with Crippen molar-refractivity contribution in [2.45, 2.75) is 51.3 Å². The monoisotopic (exact) mass is 415 g/mol. The first-order valence-corrected chi connectivity index (χ1v) is 11.0. The minimum atomic E-state index is 0.189. The summed E-state index contributed by atoms with van der Waals surface area (Å²) in [5, 5.41) is 15.3. The van der Waals surface area contributed by atoms with Crippen molar-refractivity contribution < 1.29 is 9.15 Å². The highest BCUT2D eigenvalue weighted by Crippen LogP contribution is 2.24. The molecule has 4 heterocycles. The molecule has 9 heteroatoms. The Morgan fingerprint density at radius 1 is 1.27 bits per heavy atom. The van der Waals surface area contributed by atoms with Gasteiger partial charge in [0, 0.05) is 26.7 Å². The molecule has 2 N–H and O–H groups in total. The van der Waals surface area contributed by atoms with Crippen LogP contribution in [0.25, 0.3) is 0 Å². The first-order chi connectivity index (χ1) is 14.7. The SMILES string of the molecule is Cc1nnc(CN=C(NCC2CCCO2)NCC(c2ccco2)N2CCCC2)n1C. The van der Waals surface area contributed by atoms with Crippen LogP contribution in [0.15, 0.2) is 27.8 Å². The summed E-state index contributed by atoms with van der Waals surface area (Å²) in [5.74, 6) is 3.48. The first-order valence-electron chi connectivity index (χ1n) is 11.0. The fourth-order valence-electron chi connectivity index (χ4n) is 4.07. The number of guanidine groups is 1. The van der Waals surface area contributed by atoms with E-state index in [-0.39, 0.29) is 12.1 Å². The standard InChI is InChI=1S/C21H33N7O2/c1-16-25-26-20(27(16)2)15-24-21(22-13-17-7-5-11-29-17)23-14-18(19-8-6-12-30-19)28-9-3-4-10-28/h6,8,12,17-18H,3-5,7,9-11,13-15H2,1-2H3,(H2,22,23,24). The molecule has 30 heavy (non-hydrogen) atoms. The summed E-state index contributed by atoms with van der Waals surface area (Å²) in [6.07, 6.45) is 6.68. The van der Waals surface area contributed by atoms with E-state index in [9.17, 15) is 0 Å². The van der Waals surface area contributed by atoms with Crippen molar-refractivity contribution >= 4 is 5.96 Å². The minimum absolute atomic E-state index is 0.189. The number of aliphatic imine (C=N–C) groups is 1. The number of hydrogen-bond acceptors (Lipinski definition) is 6. The molecule has 2 saturated heterocycles. The normalized spacial score (nSPS) is 21.3. The number of aryl methyl sites for hydroxylation is 1. The van der Waals surface area contributed by atoms with Crippen molar-refractivity contribution in [1.29, 1.82) is 0 Å². The summed E-state index contributed by atoms with van der Waals surface area (Å²) in [6, 6.07) is 4.21. The molecule has 0 aliphatic carbocycles. The molecule has 0 amide bonds. The van der Waals surface area contributed by atoms with Crippen LogP contribution in [0.2, 0.25) is 0 Å². The predicted molar refractivity (Wildman–Crippen MR) is 114 cm³/mol. The molecule has 2 unspecified atom stereocenters. The predicted octanol–water partition coefficient (Wildman–Crippen LogP) is 1.77. The second-order valence-corrected chi connectivity index (χ2v) is 8.06. The molecule has 0 radical (unpaired) electrons. The Bertz CT molecular complexity index is 805. The Balaban J connectivity index is 1.43. The van der Waals surface area contributed by atoms with Gasteiger partial charge in [-0.3, -0.25) is 4.90 Å². The maximum absolute atomic E-state index is 5.76. The van der Waals surface area contributed by atoms with Gasteiger partial charge in [-0.1, -0.05) is 0 Å². The maximum atomic E-state index is 5.76. The van der Waals surface area contributed by atoms with Crippen molar-refractivity contribution in [3.05, 3.63) is 35.8 Å². The summed E-state index contributed by atoms with van der Waals surface area (Å²) in [7, 11) is 1.97. The fraction of sp³-hybridized carbons (Fsp3) is 0.667. The average molecular weight is 416 g/mol. The van der Waals surface area contributed by atoms with Gasteiger partial charge in [-0.05, 0) is 57.8 Å². The largest absolute Gasteiger partial charge is 0.468 e. The molecule has 2 fully saturated rings. The van der Waals surface area contributed by atoms with Crippen LogP contribution < -0.4 is 10.6 Å². The lowest BCUT2D eigenvalue weighted by molar-refractivity contribution is 0.113. The van der Waals surface area contributed by atoms with Crippen LogP contribution in [0, 0.1) is 6.92 Å². The lowest BCUT2D eigenvalue weighted by atomic mass is 10.2. The highest BCUT2D eigenvalue weighted by Gasteiger charge is 2.26. The van der Waals surface area contributed by atoms with Gasteiger partial charge in [0.05, 0.1) is 18.4 Å². The van der Waals surface area contributed by atoms with Crippen LogP contribution in [0.5, 0.6) is 0 Å². The molecule has 164 valence electrons. The molecule has 0 bridgehead atoms. The maximum Gasteiger partial charge on any atom is 0.191 e. The molecular weight excluding hydrogens is 382 g/mol. The van der Waals surface area contributed by atoms with Gasteiger partial charge in [-0.2, -0.15) is 0 Å². The topological polar surface area (TPSA) is 92.7 Å². The van der Waals surface area contributed by atoms with Gasteiger partial charge in [0.2, 0.25) is 0 Å². The van der Waals surface area contributed by atoms with E-state index in [1.54, 1.807) is 6.26 Å². The number of ether oxygens (including phenoxy) is 1. The molecular formula is C21H33N7O2. The third-order valence-corrected chi connectivity index (χ3v) is 6.00. The Morgan fingerprint density at radius 3 is 2.80 bits per heavy atom. The quantitative estimate of drug-likeness (QED) is 0.501. The summed E-state index contributed by atoms with van der Waals surface area (Å²) in [5.41, 5.74) is 0. The molecule has 2 aliphatic heterocycles. The van der Waals surface area contributed by atoms with Crippen molar-refractivity contribution in [1.82, 2.24) is 30.3 Å². The highest BCUT2D eigenvalue weighted by molar-refractivity contribution is 5.79. The van der Waals surface area contributed by atoms with Crippen LogP contribution in [-0.4, -0.2) is 64.5 Å². The molecule has 2 aromatic heterocycles. The fourth-order valence-corrected chi connectivity index (χ4v) is 4.07. The molecule has 4 rings (SSSR count). The van der Waals surface area contributed by atoms with E-state index in [1.165, 1.54) is 12.8 Å². The summed E-state index contributed by atoms with van der Waals surface area (Å²) < 4.78 is 13.5. The van der Waals surface area contributed by atoms with Crippen molar-refractivity contribution in [2.24, 2.45) is 12.0 Å². The Kier molecular flexibility index (Phi) is 7.01. The third-order valence-electron chi connectivity index (χ3n) is 6.00. The van der Waals surface area contributed by atoms with E-state index in [4.69, 9.17) is 14.1 Å². The molecule has 0 aromatic carbocycles. The van der Waals surface area contributed by atoms with E-state index in [0.717, 1.165) is 69.0 Å².